The van der Waals surface area contributed by atoms with E-state index in [9.17, 15) is 22.8 Å². The molecule has 5 nitrogen and oxygen atoms in total. The Balaban J connectivity index is 1.73. The van der Waals surface area contributed by atoms with Crippen LogP contribution >= 0.6 is 0 Å². The minimum atomic E-state index is -4.49. The number of benzene rings is 1. The summed E-state index contributed by atoms with van der Waals surface area (Å²) in [4.78, 5) is 26.2. The lowest BCUT2D eigenvalue weighted by molar-refractivity contribution is -0.137. The zero-order valence-electron chi connectivity index (χ0n) is 13.0. The van der Waals surface area contributed by atoms with Gasteiger partial charge < -0.3 is 14.6 Å². The Labute approximate surface area is 141 Å². The van der Waals surface area contributed by atoms with Gasteiger partial charge >= 0.3 is 6.18 Å². The lowest BCUT2D eigenvalue weighted by atomic mass is 10.1. The number of rotatable bonds is 3. The molecule has 25 heavy (non-hydrogen) atoms. The summed E-state index contributed by atoms with van der Waals surface area (Å²) in [6, 6.07) is 6.72. The van der Waals surface area contributed by atoms with Crippen LogP contribution in [0, 0.1) is 0 Å². The molecule has 1 atom stereocenters. The monoisotopic (exact) mass is 352 g/mol. The molecule has 1 aromatic carbocycles. The molecule has 0 spiro atoms. The second-order valence-corrected chi connectivity index (χ2v) is 5.70. The maximum atomic E-state index is 12.8. The topological polar surface area (TPSA) is 62.6 Å². The van der Waals surface area contributed by atoms with Crippen molar-refractivity contribution < 1.29 is 27.2 Å². The number of hydrogen-bond donors (Lipinski definition) is 1. The van der Waals surface area contributed by atoms with Gasteiger partial charge in [-0.2, -0.15) is 13.2 Å². The number of nitrogens with one attached hydrogen (secondary N) is 1. The molecule has 132 valence electrons. The van der Waals surface area contributed by atoms with E-state index in [0.717, 1.165) is 12.1 Å². The third-order valence-electron chi connectivity index (χ3n) is 4.01. The SMILES string of the molecule is O=C(Nc1cccc(C(F)(F)F)c1)[C@H]1CCCN1C(=O)c1ccco1. The summed E-state index contributed by atoms with van der Waals surface area (Å²) in [7, 11) is 0. The van der Waals surface area contributed by atoms with Gasteiger partial charge in [0.25, 0.3) is 5.91 Å². The molecule has 2 heterocycles. The molecule has 0 unspecified atom stereocenters. The van der Waals surface area contributed by atoms with Crippen molar-refractivity contribution in [3.63, 3.8) is 0 Å². The molecule has 1 fully saturated rings. The molecule has 1 aliphatic rings. The molecule has 0 saturated carbocycles. The first kappa shape index (κ1) is 17.1. The first-order valence-corrected chi connectivity index (χ1v) is 7.69. The van der Waals surface area contributed by atoms with Gasteiger partial charge in [-0.25, -0.2) is 0 Å². The Morgan fingerprint density at radius 3 is 2.68 bits per heavy atom. The molecule has 1 saturated heterocycles. The van der Waals surface area contributed by atoms with E-state index in [2.05, 4.69) is 5.32 Å². The van der Waals surface area contributed by atoms with Crippen LogP contribution in [-0.2, 0) is 11.0 Å². The second-order valence-electron chi connectivity index (χ2n) is 5.70. The van der Waals surface area contributed by atoms with E-state index in [1.807, 2.05) is 0 Å². The van der Waals surface area contributed by atoms with Crippen molar-refractivity contribution in [2.75, 3.05) is 11.9 Å². The Kier molecular flexibility index (Phi) is 4.52. The number of hydrogen-bond acceptors (Lipinski definition) is 3. The summed E-state index contributed by atoms with van der Waals surface area (Å²) in [6.07, 6.45) is -2.05. The highest BCUT2D eigenvalue weighted by Gasteiger charge is 2.36. The molecule has 1 aromatic heterocycles. The first-order chi connectivity index (χ1) is 11.9. The van der Waals surface area contributed by atoms with Crippen molar-refractivity contribution in [2.24, 2.45) is 0 Å². The molecule has 0 bridgehead atoms. The fourth-order valence-electron chi connectivity index (χ4n) is 2.82. The summed E-state index contributed by atoms with van der Waals surface area (Å²) >= 11 is 0. The van der Waals surface area contributed by atoms with E-state index < -0.39 is 29.6 Å². The van der Waals surface area contributed by atoms with Crippen LogP contribution < -0.4 is 5.32 Å². The van der Waals surface area contributed by atoms with E-state index in [1.165, 1.54) is 29.4 Å². The Bertz CT molecular complexity index is 772. The Morgan fingerprint density at radius 1 is 1.20 bits per heavy atom. The van der Waals surface area contributed by atoms with Gasteiger partial charge in [-0.1, -0.05) is 6.07 Å². The van der Waals surface area contributed by atoms with Crippen molar-refractivity contribution >= 4 is 17.5 Å². The summed E-state index contributed by atoms with van der Waals surface area (Å²) in [5.74, 6) is -0.804. The normalized spacial score (nSPS) is 17.6. The predicted molar refractivity (Wildman–Crippen MR) is 82.8 cm³/mol. The second kappa shape index (κ2) is 6.62. The third-order valence-corrected chi connectivity index (χ3v) is 4.01. The van der Waals surface area contributed by atoms with Crippen LogP contribution in [0.5, 0.6) is 0 Å². The summed E-state index contributed by atoms with van der Waals surface area (Å²) in [5.41, 5.74) is -0.808. The zero-order chi connectivity index (χ0) is 18.0. The number of furan rings is 1. The number of nitrogens with zero attached hydrogens (tertiary/aromatic N) is 1. The number of anilines is 1. The first-order valence-electron chi connectivity index (χ1n) is 7.69. The zero-order valence-corrected chi connectivity index (χ0v) is 13.0. The average Bonchev–Trinajstić information content (AvgIpc) is 3.25. The number of alkyl halides is 3. The van der Waals surface area contributed by atoms with Gasteiger partial charge in [0.05, 0.1) is 11.8 Å². The summed E-state index contributed by atoms with van der Waals surface area (Å²) < 4.78 is 43.3. The van der Waals surface area contributed by atoms with Crippen molar-refractivity contribution in [3.05, 3.63) is 54.0 Å². The van der Waals surface area contributed by atoms with Gasteiger partial charge in [-0.05, 0) is 43.2 Å². The largest absolute Gasteiger partial charge is 0.459 e. The molecular weight excluding hydrogens is 337 g/mol. The molecule has 2 amide bonds. The highest BCUT2D eigenvalue weighted by molar-refractivity contribution is 6.00. The van der Waals surface area contributed by atoms with Gasteiger partial charge in [-0.15, -0.1) is 0 Å². The van der Waals surface area contributed by atoms with E-state index in [1.54, 1.807) is 6.07 Å². The van der Waals surface area contributed by atoms with Crippen molar-refractivity contribution in [3.8, 4) is 0 Å². The fraction of sp³-hybridized carbons (Fsp3) is 0.294. The van der Waals surface area contributed by atoms with Crippen LogP contribution in [0.3, 0.4) is 0 Å². The minimum Gasteiger partial charge on any atom is -0.459 e. The van der Waals surface area contributed by atoms with Crippen LogP contribution in [-0.4, -0.2) is 29.3 Å². The van der Waals surface area contributed by atoms with Crippen LogP contribution in [0.2, 0.25) is 0 Å². The van der Waals surface area contributed by atoms with E-state index in [-0.39, 0.29) is 11.4 Å². The van der Waals surface area contributed by atoms with E-state index >= 15 is 0 Å². The fourth-order valence-corrected chi connectivity index (χ4v) is 2.82. The molecule has 1 aliphatic heterocycles. The number of likely N-dealkylation sites (tertiary alicyclic amines) is 1. The molecule has 0 aliphatic carbocycles. The molecule has 8 heteroatoms. The molecule has 3 rings (SSSR count). The summed E-state index contributed by atoms with van der Waals surface area (Å²) in [6.45, 7) is 0.389. The lowest BCUT2D eigenvalue weighted by Crippen LogP contribution is -2.43. The van der Waals surface area contributed by atoms with Gasteiger partial charge in [0.2, 0.25) is 5.91 Å². The van der Waals surface area contributed by atoms with Crippen molar-refractivity contribution in [1.29, 1.82) is 0 Å². The predicted octanol–water partition coefficient (Wildman–Crippen LogP) is 3.54. The van der Waals surface area contributed by atoms with Gasteiger partial charge in [0.1, 0.15) is 6.04 Å². The van der Waals surface area contributed by atoms with Gasteiger partial charge in [0, 0.05) is 12.2 Å². The highest BCUT2D eigenvalue weighted by Crippen LogP contribution is 2.31. The van der Waals surface area contributed by atoms with Crippen LogP contribution in [0.4, 0.5) is 18.9 Å². The lowest BCUT2D eigenvalue weighted by Gasteiger charge is -2.23. The highest BCUT2D eigenvalue weighted by atomic mass is 19.4. The van der Waals surface area contributed by atoms with Crippen LogP contribution in [0.1, 0.15) is 29.0 Å². The molecular formula is C17H15F3N2O3. The maximum absolute atomic E-state index is 12.8. The van der Waals surface area contributed by atoms with Crippen molar-refractivity contribution in [1.82, 2.24) is 4.90 Å². The Hall–Kier alpha value is -2.77. The minimum absolute atomic E-state index is 0.0390. The Morgan fingerprint density at radius 2 is 2.00 bits per heavy atom. The van der Waals surface area contributed by atoms with Crippen LogP contribution in [0.25, 0.3) is 0 Å². The standard InChI is InChI=1S/C17H15F3N2O3/c18-17(19,20)11-4-1-5-12(10-11)21-15(23)13-6-2-8-22(13)16(24)14-7-3-9-25-14/h1,3-5,7,9-10,13H,2,6,8H2,(H,21,23)/t13-/m1/s1. The number of carbonyl (C=O) groups excluding carboxylic acids is 2. The maximum Gasteiger partial charge on any atom is 0.416 e. The smallest absolute Gasteiger partial charge is 0.416 e. The third kappa shape index (κ3) is 3.67. The number of amides is 2. The molecule has 0 radical (unpaired) electrons. The van der Waals surface area contributed by atoms with E-state index in [4.69, 9.17) is 4.42 Å². The van der Waals surface area contributed by atoms with Crippen molar-refractivity contribution in [2.45, 2.75) is 25.1 Å². The molecule has 1 N–H and O–H groups in total. The van der Waals surface area contributed by atoms with Gasteiger partial charge in [-0.3, -0.25) is 9.59 Å². The van der Waals surface area contributed by atoms with Gasteiger partial charge in [0.15, 0.2) is 5.76 Å². The molecule has 2 aromatic rings. The number of halogens is 3. The quantitative estimate of drug-likeness (QED) is 0.919. The summed E-state index contributed by atoms with van der Waals surface area (Å²) in [5, 5.41) is 2.46. The van der Waals surface area contributed by atoms with Crippen LogP contribution in [0.15, 0.2) is 47.1 Å². The number of carbonyl (C=O) groups is 2. The van der Waals surface area contributed by atoms with E-state index in [0.29, 0.717) is 19.4 Å². The average molecular weight is 352 g/mol.